The van der Waals surface area contributed by atoms with Gasteiger partial charge in [0.2, 0.25) is 5.13 Å². The van der Waals surface area contributed by atoms with Crippen molar-refractivity contribution in [3.05, 3.63) is 17.3 Å². The van der Waals surface area contributed by atoms with Gasteiger partial charge in [0.1, 0.15) is 17.5 Å². The van der Waals surface area contributed by atoms with E-state index in [1.807, 2.05) is 6.92 Å². The van der Waals surface area contributed by atoms with E-state index < -0.39 is 5.97 Å². The van der Waals surface area contributed by atoms with E-state index >= 15 is 0 Å². The lowest BCUT2D eigenvalue weighted by atomic mass is 10.4. The molecule has 8 heteroatoms. The summed E-state index contributed by atoms with van der Waals surface area (Å²) in [5.41, 5.74) is 6.05. The van der Waals surface area contributed by atoms with E-state index in [-0.39, 0.29) is 11.5 Å². The summed E-state index contributed by atoms with van der Waals surface area (Å²) < 4.78 is 10.4. The minimum absolute atomic E-state index is 0.113. The average Bonchev–Trinajstić information content (AvgIpc) is 2.91. The van der Waals surface area contributed by atoms with Crippen LogP contribution in [0.1, 0.15) is 29.1 Å². The first-order valence-electron chi connectivity index (χ1n) is 5.34. The molecule has 0 amide bonds. The van der Waals surface area contributed by atoms with Gasteiger partial charge in [-0.05, 0) is 6.92 Å². The molecule has 0 radical (unpaired) electrons. The number of nitrogens with zero attached hydrogens (tertiary/aromatic N) is 4. The number of nitrogens with two attached hydrogens (primary N) is 1. The molecule has 2 aromatic heterocycles. The summed E-state index contributed by atoms with van der Waals surface area (Å²) in [7, 11) is 1.29. The number of aromatic nitrogens is 4. The molecule has 0 bridgehead atoms. The summed E-state index contributed by atoms with van der Waals surface area (Å²) in [6, 6.07) is 0. The first-order chi connectivity index (χ1) is 8.58. The molecular formula is C10H13N5O2S. The number of methoxy groups -OCH3 is 1. The highest BCUT2D eigenvalue weighted by Crippen LogP contribution is 2.23. The molecule has 96 valence electrons. The van der Waals surface area contributed by atoms with Crippen molar-refractivity contribution in [3.63, 3.8) is 0 Å². The van der Waals surface area contributed by atoms with Crippen LogP contribution in [0.5, 0.6) is 0 Å². The summed E-state index contributed by atoms with van der Waals surface area (Å²) in [5.74, 6) is 0.992. The minimum Gasteiger partial charge on any atom is -0.464 e. The van der Waals surface area contributed by atoms with Crippen molar-refractivity contribution in [2.45, 2.75) is 20.3 Å². The molecule has 0 aromatic carbocycles. The summed E-state index contributed by atoms with van der Waals surface area (Å²) in [6.45, 7) is 3.72. The number of imidazole rings is 1. The maximum absolute atomic E-state index is 11.5. The molecule has 0 unspecified atom stereocenters. The second-order valence-corrected chi connectivity index (χ2v) is 4.30. The van der Waals surface area contributed by atoms with Crippen molar-refractivity contribution < 1.29 is 9.53 Å². The Balaban J connectivity index is 2.59. The van der Waals surface area contributed by atoms with Crippen LogP contribution in [0.2, 0.25) is 0 Å². The van der Waals surface area contributed by atoms with Crippen molar-refractivity contribution >= 4 is 23.3 Å². The molecule has 2 N–H and O–H groups in total. The Kier molecular flexibility index (Phi) is 3.28. The minimum atomic E-state index is -0.554. The van der Waals surface area contributed by atoms with E-state index in [0.717, 1.165) is 0 Å². The van der Waals surface area contributed by atoms with Crippen LogP contribution in [0.15, 0.2) is 0 Å². The van der Waals surface area contributed by atoms with Gasteiger partial charge in [-0.1, -0.05) is 6.92 Å². The van der Waals surface area contributed by atoms with Crippen LogP contribution in [0.4, 0.5) is 5.82 Å². The molecule has 18 heavy (non-hydrogen) atoms. The van der Waals surface area contributed by atoms with Gasteiger partial charge in [0.15, 0.2) is 5.69 Å². The van der Waals surface area contributed by atoms with Gasteiger partial charge < -0.3 is 10.5 Å². The third kappa shape index (κ3) is 1.94. The Bertz CT molecular complexity index is 589. The van der Waals surface area contributed by atoms with Gasteiger partial charge in [-0.2, -0.15) is 4.37 Å². The van der Waals surface area contributed by atoms with E-state index in [4.69, 9.17) is 5.73 Å². The number of anilines is 1. The van der Waals surface area contributed by atoms with Gasteiger partial charge in [-0.15, -0.1) is 0 Å². The van der Waals surface area contributed by atoms with Crippen molar-refractivity contribution in [3.8, 4) is 5.13 Å². The van der Waals surface area contributed by atoms with Crippen LogP contribution in [0.3, 0.4) is 0 Å². The van der Waals surface area contributed by atoms with Gasteiger partial charge in [-0.25, -0.2) is 14.8 Å². The lowest BCUT2D eigenvalue weighted by Gasteiger charge is -2.03. The molecule has 0 saturated heterocycles. The zero-order valence-electron chi connectivity index (χ0n) is 10.3. The quantitative estimate of drug-likeness (QED) is 0.832. The third-order valence-electron chi connectivity index (χ3n) is 2.39. The third-order valence-corrected chi connectivity index (χ3v) is 3.18. The molecule has 7 nitrogen and oxygen atoms in total. The fourth-order valence-electron chi connectivity index (χ4n) is 1.56. The molecule has 2 aromatic rings. The molecule has 0 saturated carbocycles. The van der Waals surface area contributed by atoms with Crippen molar-refractivity contribution in [1.29, 1.82) is 0 Å². The highest BCUT2D eigenvalue weighted by atomic mass is 32.1. The van der Waals surface area contributed by atoms with Crippen molar-refractivity contribution in [2.75, 3.05) is 12.8 Å². The number of carbonyl (C=O) groups excluding carboxylic acids is 1. The molecule has 0 aliphatic heterocycles. The highest BCUT2D eigenvalue weighted by molar-refractivity contribution is 7.08. The molecule has 0 spiro atoms. The summed E-state index contributed by atoms with van der Waals surface area (Å²) in [4.78, 5) is 20.0. The van der Waals surface area contributed by atoms with Crippen LogP contribution in [0.25, 0.3) is 5.13 Å². The number of ether oxygens (including phenoxy) is 1. The monoisotopic (exact) mass is 267 g/mol. The maximum atomic E-state index is 11.5. The molecular weight excluding hydrogens is 254 g/mol. The van der Waals surface area contributed by atoms with E-state index in [2.05, 4.69) is 19.1 Å². The first kappa shape index (κ1) is 12.5. The predicted octanol–water partition coefficient (Wildman–Crippen LogP) is 0.963. The van der Waals surface area contributed by atoms with E-state index in [1.165, 1.54) is 18.6 Å². The van der Waals surface area contributed by atoms with Crippen molar-refractivity contribution in [2.24, 2.45) is 0 Å². The summed E-state index contributed by atoms with van der Waals surface area (Å²) in [5, 5.41) is 0.601. The van der Waals surface area contributed by atoms with Crippen LogP contribution in [-0.2, 0) is 11.2 Å². The molecule has 0 fully saturated rings. The number of hydrogen-bond donors (Lipinski definition) is 1. The fraction of sp³-hybridized carbons (Fsp3) is 0.400. The smallest absolute Gasteiger partial charge is 0.360 e. The zero-order chi connectivity index (χ0) is 13.3. The Morgan fingerprint density at radius 2 is 2.22 bits per heavy atom. The Hall–Kier alpha value is -1.96. The molecule has 0 atom stereocenters. The largest absolute Gasteiger partial charge is 0.464 e. The number of esters is 1. The number of nitrogen functional groups attached to an aromatic ring is 1. The van der Waals surface area contributed by atoms with Gasteiger partial charge in [0.05, 0.1) is 7.11 Å². The van der Waals surface area contributed by atoms with Gasteiger partial charge >= 0.3 is 5.97 Å². The Morgan fingerprint density at radius 1 is 1.50 bits per heavy atom. The average molecular weight is 267 g/mol. The van der Waals surface area contributed by atoms with Gasteiger partial charge in [0.25, 0.3) is 0 Å². The number of hydrogen-bond acceptors (Lipinski definition) is 7. The zero-order valence-corrected chi connectivity index (χ0v) is 11.1. The van der Waals surface area contributed by atoms with E-state index in [9.17, 15) is 4.79 Å². The first-order valence-corrected chi connectivity index (χ1v) is 6.11. The fourth-order valence-corrected chi connectivity index (χ4v) is 2.27. The predicted molar refractivity (Wildman–Crippen MR) is 66.9 cm³/mol. The van der Waals surface area contributed by atoms with Gasteiger partial charge in [0, 0.05) is 18.0 Å². The van der Waals surface area contributed by atoms with Crippen LogP contribution in [-0.4, -0.2) is 32.0 Å². The second kappa shape index (κ2) is 4.73. The van der Waals surface area contributed by atoms with E-state index in [0.29, 0.717) is 23.2 Å². The second-order valence-electron chi connectivity index (χ2n) is 3.57. The van der Waals surface area contributed by atoms with Crippen LogP contribution in [0, 0.1) is 6.92 Å². The lowest BCUT2D eigenvalue weighted by Crippen LogP contribution is -2.07. The Labute approximate surface area is 108 Å². The number of rotatable bonds is 3. The normalized spacial score (nSPS) is 10.6. The highest BCUT2D eigenvalue weighted by Gasteiger charge is 2.22. The topological polar surface area (TPSA) is 95.9 Å². The van der Waals surface area contributed by atoms with Crippen molar-refractivity contribution in [1.82, 2.24) is 18.9 Å². The number of carbonyl (C=O) groups is 1. The molecule has 0 aliphatic rings. The molecule has 2 heterocycles. The molecule has 2 rings (SSSR count). The lowest BCUT2D eigenvalue weighted by molar-refractivity contribution is 0.0596. The molecule has 0 aliphatic carbocycles. The van der Waals surface area contributed by atoms with Crippen LogP contribution >= 0.6 is 11.5 Å². The number of aryl methyl sites for hydroxylation is 2. The van der Waals surface area contributed by atoms with E-state index in [1.54, 1.807) is 11.5 Å². The Morgan fingerprint density at radius 3 is 2.72 bits per heavy atom. The summed E-state index contributed by atoms with van der Waals surface area (Å²) in [6.07, 6.45) is 0.625. The maximum Gasteiger partial charge on any atom is 0.360 e. The van der Waals surface area contributed by atoms with Gasteiger partial charge in [-0.3, -0.25) is 4.57 Å². The standard InChI is InChI=1S/C10H13N5O2S/c1-4-6-13-7(9(16)17-3)8(11)15(6)10-12-5(2)14-18-10/h4,11H2,1-3H3. The van der Waals surface area contributed by atoms with Crippen LogP contribution < -0.4 is 5.73 Å². The SMILES string of the molecule is CCc1nc(C(=O)OC)c(N)n1-c1nc(C)ns1. The summed E-state index contributed by atoms with van der Waals surface area (Å²) >= 11 is 1.21.